The molecule has 18 heavy (non-hydrogen) atoms. The summed E-state index contributed by atoms with van der Waals surface area (Å²) in [6.45, 7) is 4.88. The van der Waals surface area contributed by atoms with Gasteiger partial charge in [0.15, 0.2) is 0 Å². The maximum atomic E-state index is 11.6. The molecule has 0 aliphatic carbocycles. The minimum absolute atomic E-state index is 0.153. The Bertz CT molecular complexity index is 463. The molecule has 3 N–H and O–H groups in total. The highest BCUT2D eigenvalue weighted by molar-refractivity contribution is 6.01. The Hall–Kier alpha value is -1.55. The van der Waals surface area contributed by atoms with Crippen LogP contribution in [0.4, 0.5) is 11.4 Å². The first-order chi connectivity index (χ1) is 8.37. The van der Waals surface area contributed by atoms with Crippen LogP contribution in [-0.2, 0) is 11.2 Å². The molecule has 1 aromatic carbocycles. The number of rotatable bonds is 4. The summed E-state index contributed by atoms with van der Waals surface area (Å²) in [5.41, 5.74) is 8.95. The average Bonchev–Trinajstić information content (AvgIpc) is 2.53. The van der Waals surface area contributed by atoms with Crippen LogP contribution in [0.3, 0.4) is 0 Å². The Kier molecular flexibility index (Phi) is 3.30. The highest BCUT2D eigenvalue weighted by Crippen LogP contribution is 2.29. The van der Waals surface area contributed by atoms with Gasteiger partial charge in [-0.1, -0.05) is 0 Å². The number of hydrogen-bond donors (Lipinski definition) is 2. The quantitative estimate of drug-likeness (QED) is 0.852. The van der Waals surface area contributed by atoms with E-state index in [0.717, 1.165) is 29.9 Å². The van der Waals surface area contributed by atoms with E-state index in [2.05, 4.69) is 11.4 Å². The molecule has 2 rings (SSSR count). The van der Waals surface area contributed by atoms with E-state index in [1.165, 1.54) is 0 Å². The summed E-state index contributed by atoms with van der Waals surface area (Å²) in [6.07, 6.45) is 1.41. The average molecular weight is 247 g/mol. The third kappa shape index (κ3) is 2.82. The second kappa shape index (κ2) is 4.61. The second-order valence-electron chi connectivity index (χ2n) is 5.64. The fourth-order valence-electron chi connectivity index (χ4n) is 2.11. The minimum atomic E-state index is -0.153. The molecular weight excluding hydrogens is 226 g/mol. The van der Waals surface area contributed by atoms with Crippen molar-refractivity contribution in [3.8, 4) is 0 Å². The van der Waals surface area contributed by atoms with Gasteiger partial charge in [-0.25, -0.2) is 0 Å². The van der Waals surface area contributed by atoms with Crippen LogP contribution in [0.1, 0.15) is 25.8 Å². The molecule has 0 aromatic heterocycles. The molecule has 0 fully saturated rings. The highest BCUT2D eigenvalue weighted by Gasteiger charge is 2.23. The predicted octanol–water partition coefficient (Wildman–Crippen LogP) is 1.74. The maximum Gasteiger partial charge on any atom is 0.231 e. The highest BCUT2D eigenvalue weighted by atomic mass is 16.2. The minimum Gasteiger partial charge on any atom is -0.385 e. The van der Waals surface area contributed by atoms with E-state index in [1.807, 2.05) is 33.0 Å². The van der Waals surface area contributed by atoms with Crippen molar-refractivity contribution >= 4 is 17.3 Å². The lowest BCUT2D eigenvalue weighted by Crippen LogP contribution is -2.34. The SMILES string of the molecule is CN1C(=O)Cc2cc(NCCC(C)(C)N)ccc21. The zero-order valence-electron chi connectivity index (χ0n) is 11.3. The maximum absolute atomic E-state index is 11.6. The molecule has 1 heterocycles. The molecular formula is C14H21N3O. The van der Waals surface area contributed by atoms with E-state index in [1.54, 1.807) is 4.90 Å². The molecule has 1 aromatic rings. The Balaban J connectivity index is 2.01. The molecule has 0 saturated carbocycles. The van der Waals surface area contributed by atoms with Crippen LogP contribution in [0, 0.1) is 0 Å². The molecule has 0 unspecified atom stereocenters. The predicted molar refractivity (Wildman–Crippen MR) is 74.9 cm³/mol. The van der Waals surface area contributed by atoms with Gasteiger partial charge in [-0.2, -0.15) is 0 Å². The molecule has 1 amide bonds. The summed E-state index contributed by atoms with van der Waals surface area (Å²) >= 11 is 0. The van der Waals surface area contributed by atoms with E-state index < -0.39 is 0 Å². The standard InChI is InChI=1S/C14H21N3O/c1-14(2,15)6-7-16-11-4-5-12-10(8-11)9-13(18)17(12)3/h4-5,8,16H,6-7,9,15H2,1-3H3. The number of likely N-dealkylation sites (N-methyl/N-ethyl adjacent to an activating group) is 1. The Morgan fingerprint density at radius 3 is 2.83 bits per heavy atom. The Morgan fingerprint density at radius 2 is 2.17 bits per heavy atom. The first-order valence-electron chi connectivity index (χ1n) is 6.29. The second-order valence-corrected chi connectivity index (χ2v) is 5.64. The van der Waals surface area contributed by atoms with Gasteiger partial charge in [0.2, 0.25) is 5.91 Å². The molecule has 0 atom stereocenters. The lowest BCUT2D eigenvalue weighted by molar-refractivity contribution is -0.117. The van der Waals surface area contributed by atoms with Crippen LogP contribution >= 0.6 is 0 Å². The third-order valence-electron chi connectivity index (χ3n) is 3.26. The van der Waals surface area contributed by atoms with Crippen molar-refractivity contribution in [3.63, 3.8) is 0 Å². The van der Waals surface area contributed by atoms with Crippen molar-refractivity contribution < 1.29 is 4.79 Å². The topological polar surface area (TPSA) is 58.4 Å². The van der Waals surface area contributed by atoms with Crippen LogP contribution in [-0.4, -0.2) is 25.0 Å². The summed E-state index contributed by atoms with van der Waals surface area (Å²) in [7, 11) is 1.82. The Morgan fingerprint density at radius 1 is 1.44 bits per heavy atom. The molecule has 4 heteroatoms. The first-order valence-corrected chi connectivity index (χ1v) is 6.29. The lowest BCUT2D eigenvalue weighted by Gasteiger charge is -2.19. The molecule has 0 saturated heterocycles. The Labute approximate surface area is 108 Å². The van der Waals surface area contributed by atoms with Crippen molar-refractivity contribution in [1.29, 1.82) is 0 Å². The summed E-state index contributed by atoms with van der Waals surface area (Å²) in [5, 5.41) is 3.35. The van der Waals surface area contributed by atoms with Crippen molar-refractivity contribution in [2.75, 3.05) is 23.8 Å². The normalized spacial score (nSPS) is 14.9. The fourth-order valence-corrected chi connectivity index (χ4v) is 2.11. The lowest BCUT2D eigenvalue weighted by atomic mass is 10.0. The number of nitrogens with one attached hydrogen (secondary N) is 1. The fraction of sp³-hybridized carbons (Fsp3) is 0.500. The zero-order valence-corrected chi connectivity index (χ0v) is 11.3. The van der Waals surface area contributed by atoms with E-state index in [-0.39, 0.29) is 11.4 Å². The van der Waals surface area contributed by atoms with E-state index in [4.69, 9.17) is 5.73 Å². The van der Waals surface area contributed by atoms with Gasteiger partial charge in [0, 0.05) is 30.5 Å². The van der Waals surface area contributed by atoms with Crippen LogP contribution in [0.2, 0.25) is 0 Å². The molecule has 0 spiro atoms. The van der Waals surface area contributed by atoms with Crippen LogP contribution in [0.5, 0.6) is 0 Å². The number of anilines is 2. The molecule has 1 aliphatic heterocycles. The van der Waals surface area contributed by atoms with Crippen LogP contribution in [0.25, 0.3) is 0 Å². The van der Waals surface area contributed by atoms with Gasteiger partial charge in [-0.3, -0.25) is 4.79 Å². The van der Waals surface area contributed by atoms with Gasteiger partial charge in [0.05, 0.1) is 6.42 Å². The summed E-state index contributed by atoms with van der Waals surface area (Å²) in [4.78, 5) is 13.3. The van der Waals surface area contributed by atoms with E-state index >= 15 is 0 Å². The first kappa shape index (κ1) is 12.9. The number of fused-ring (bicyclic) bond motifs is 1. The van der Waals surface area contributed by atoms with Gasteiger partial charge in [0.1, 0.15) is 0 Å². The van der Waals surface area contributed by atoms with Gasteiger partial charge in [-0.15, -0.1) is 0 Å². The van der Waals surface area contributed by atoms with Gasteiger partial charge in [-0.05, 0) is 44.0 Å². The van der Waals surface area contributed by atoms with Crippen molar-refractivity contribution in [3.05, 3.63) is 23.8 Å². The van der Waals surface area contributed by atoms with Crippen molar-refractivity contribution in [2.24, 2.45) is 5.73 Å². The van der Waals surface area contributed by atoms with Crippen molar-refractivity contribution in [1.82, 2.24) is 0 Å². The molecule has 1 aliphatic rings. The number of carbonyl (C=O) groups is 1. The van der Waals surface area contributed by atoms with Crippen LogP contribution < -0.4 is 16.0 Å². The van der Waals surface area contributed by atoms with Gasteiger partial charge in [0.25, 0.3) is 0 Å². The van der Waals surface area contributed by atoms with E-state index in [0.29, 0.717) is 6.42 Å². The number of nitrogens with zero attached hydrogens (tertiary/aromatic N) is 1. The molecule has 4 nitrogen and oxygen atoms in total. The number of carbonyl (C=O) groups excluding carboxylic acids is 1. The van der Waals surface area contributed by atoms with Crippen molar-refractivity contribution in [2.45, 2.75) is 32.2 Å². The summed E-state index contributed by atoms with van der Waals surface area (Å²) < 4.78 is 0. The van der Waals surface area contributed by atoms with Gasteiger partial charge >= 0.3 is 0 Å². The largest absolute Gasteiger partial charge is 0.385 e. The number of amides is 1. The smallest absolute Gasteiger partial charge is 0.231 e. The zero-order chi connectivity index (χ0) is 13.3. The molecule has 0 bridgehead atoms. The number of nitrogens with two attached hydrogens (primary N) is 1. The summed E-state index contributed by atoms with van der Waals surface area (Å²) in [6, 6.07) is 6.06. The number of hydrogen-bond acceptors (Lipinski definition) is 3. The van der Waals surface area contributed by atoms with E-state index in [9.17, 15) is 4.79 Å². The van der Waals surface area contributed by atoms with Gasteiger partial charge < -0.3 is 16.0 Å². The molecule has 0 radical (unpaired) electrons. The van der Waals surface area contributed by atoms with Crippen LogP contribution in [0.15, 0.2) is 18.2 Å². The monoisotopic (exact) mass is 247 g/mol. The third-order valence-corrected chi connectivity index (χ3v) is 3.26. The number of benzene rings is 1. The summed E-state index contributed by atoms with van der Waals surface area (Å²) in [5.74, 6) is 0.158. The molecule has 98 valence electrons.